The minimum atomic E-state index is 0.179. The number of allylic oxidation sites excluding steroid dienone is 2. The Morgan fingerprint density at radius 1 is 1.38 bits per heavy atom. The van der Waals surface area contributed by atoms with Crippen molar-refractivity contribution in [1.29, 1.82) is 0 Å². The Labute approximate surface area is 83.0 Å². The lowest BCUT2D eigenvalue weighted by molar-refractivity contribution is 0.588. The van der Waals surface area contributed by atoms with Gasteiger partial charge in [-0.15, -0.1) is 0 Å². The fraction of sp³-hybridized carbons (Fsp3) is 0.364. The normalized spacial score (nSPS) is 19.2. The van der Waals surface area contributed by atoms with Gasteiger partial charge < -0.3 is 0 Å². The Morgan fingerprint density at radius 3 is 2.92 bits per heavy atom. The maximum Gasteiger partial charge on any atom is 0.0547 e. The van der Waals surface area contributed by atoms with Crippen LogP contribution in [0.4, 0.5) is 0 Å². The first-order valence-corrected chi connectivity index (χ1v) is 5.20. The molecule has 0 amide bonds. The van der Waals surface area contributed by atoms with Crippen LogP contribution in [0.1, 0.15) is 31.2 Å². The van der Waals surface area contributed by atoms with E-state index >= 15 is 0 Å². The summed E-state index contributed by atoms with van der Waals surface area (Å²) < 4.78 is 4.17. The number of hydrogen-bond donors (Lipinski definition) is 0. The Hall–Kier alpha value is -0.890. The Kier molecular flexibility index (Phi) is 1.88. The van der Waals surface area contributed by atoms with Gasteiger partial charge in [-0.3, -0.25) is 0 Å². The van der Waals surface area contributed by atoms with Gasteiger partial charge in [0.1, 0.15) is 0 Å². The van der Waals surface area contributed by atoms with E-state index in [1.807, 2.05) is 6.20 Å². The van der Waals surface area contributed by atoms with Crippen molar-refractivity contribution in [2.45, 2.75) is 20.8 Å². The molecule has 0 radical (unpaired) electrons. The fourth-order valence-corrected chi connectivity index (χ4v) is 1.95. The third-order valence-corrected chi connectivity index (χ3v) is 3.45. The number of nitrogens with zero attached hydrogens (tertiary/aromatic N) is 1. The molecule has 0 fully saturated rings. The minimum absolute atomic E-state index is 0.179. The molecular weight excluding hydrogens is 178 g/mol. The number of rotatable bonds is 0. The summed E-state index contributed by atoms with van der Waals surface area (Å²) in [5.74, 6) is 0. The first kappa shape index (κ1) is 8.70. The molecule has 0 saturated heterocycles. The summed E-state index contributed by atoms with van der Waals surface area (Å²) in [7, 11) is 0. The zero-order chi connectivity index (χ0) is 9.47. The highest BCUT2D eigenvalue weighted by molar-refractivity contribution is 7.07. The lowest BCUT2D eigenvalue weighted by atomic mass is 9.85. The number of fused-ring (bicyclic) bond motifs is 1. The lowest BCUT2D eigenvalue weighted by Crippen LogP contribution is -2.07. The zero-order valence-corrected chi connectivity index (χ0v) is 8.98. The van der Waals surface area contributed by atoms with Crippen LogP contribution in [0.2, 0.25) is 0 Å². The van der Waals surface area contributed by atoms with Crippen molar-refractivity contribution in [3.63, 3.8) is 0 Å². The van der Waals surface area contributed by atoms with Gasteiger partial charge in [-0.1, -0.05) is 31.6 Å². The molecule has 0 unspecified atom stereocenters. The van der Waals surface area contributed by atoms with Crippen molar-refractivity contribution in [3.05, 3.63) is 28.3 Å². The largest absolute Gasteiger partial charge is 0.200 e. The summed E-state index contributed by atoms with van der Waals surface area (Å²) in [5, 5.41) is 0. The molecule has 1 aliphatic rings. The van der Waals surface area contributed by atoms with E-state index in [2.05, 4.69) is 43.4 Å². The molecule has 0 saturated carbocycles. The summed E-state index contributed by atoms with van der Waals surface area (Å²) in [6.07, 6.45) is 8.61. The predicted octanol–water partition coefficient (Wildman–Crippen LogP) is 3.60. The van der Waals surface area contributed by atoms with Gasteiger partial charge >= 0.3 is 0 Å². The monoisotopic (exact) mass is 191 g/mol. The van der Waals surface area contributed by atoms with E-state index in [1.54, 1.807) is 11.5 Å². The molecule has 0 aromatic carbocycles. The highest BCUT2D eigenvalue weighted by atomic mass is 32.1. The van der Waals surface area contributed by atoms with Gasteiger partial charge in [-0.05, 0) is 24.5 Å². The van der Waals surface area contributed by atoms with E-state index in [1.165, 1.54) is 16.0 Å². The van der Waals surface area contributed by atoms with E-state index in [0.717, 1.165) is 0 Å². The second-order valence-corrected chi connectivity index (χ2v) is 4.86. The minimum Gasteiger partial charge on any atom is -0.200 e. The second-order valence-electron chi connectivity index (χ2n) is 4.03. The van der Waals surface area contributed by atoms with E-state index in [0.29, 0.717) is 0 Å². The van der Waals surface area contributed by atoms with E-state index in [4.69, 9.17) is 0 Å². The summed E-state index contributed by atoms with van der Waals surface area (Å²) in [6, 6.07) is 0. The smallest absolute Gasteiger partial charge is 0.0547 e. The molecule has 0 atom stereocenters. The zero-order valence-electron chi connectivity index (χ0n) is 8.16. The van der Waals surface area contributed by atoms with Crippen LogP contribution in [0.5, 0.6) is 0 Å². The molecule has 68 valence electrons. The fourth-order valence-electron chi connectivity index (χ4n) is 1.33. The molecule has 0 N–H and O–H groups in total. The van der Waals surface area contributed by atoms with Crippen molar-refractivity contribution in [3.8, 4) is 0 Å². The van der Waals surface area contributed by atoms with Crippen LogP contribution in [-0.2, 0) is 0 Å². The first-order chi connectivity index (χ1) is 6.09. The molecule has 1 aromatic rings. The van der Waals surface area contributed by atoms with Gasteiger partial charge in [-0.2, -0.15) is 4.37 Å². The maximum atomic E-state index is 4.17. The van der Waals surface area contributed by atoms with Crippen molar-refractivity contribution in [2.75, 3.05) is 0 Å². The van der Waals surface area contributed by atoms with Crippen molar-refractivity contribution < 1.29 is 0 Å². The molecule has 1 aliphatic carbocycles. The van der Waals surface area contributed by atoms with Crippen LogP contribution in [0.3, 0.4) is 0 Å². The molecule has 0 bridgehead atoms. The average molecular weight is 191 g/mol. The average Bonchev–Trinajstić information content (AvgIpc) is 2.45. The van der Waals surface area contributed by atoms with Gasteiger partial charge in [-0.25, -0.2) is 0 Å². The highest BCUT2D eigenvalue weighted by Crippen LogP contribution is 2.34. The van der Waals surface area contributed by atoms with Crippen LogP contribution in [0.15, 0.2) is 17.8 Å². The number of hydrogen-bond acceptors (Lipinski definition) is 2. The standard InChI is InChI=1S/C11H13NS/c1-8-6-9-7-12-13-10(9)4-5-11(8,2)3/h4-7H,1-3H3. The van der Waals surface area contributed by atoms with Gasteiger partial charge in [0.2, 0.25) is 0 Å². The van der Waals surface area contributed by atoms with Crippen LogP contribution in [0, 0.1) is 5.41 Å². The Bertz CT molecular complexity index is 383. The van der Waals surface area contributed by atoms with Gasteiger partial charge in [0, 0.05) is 17.2 Å². The van der Waals surface area contributed by atoms with Crippen molar-refractivity contribution in [2.24, 2.45) is 5.41 Å². The Balaban J connectivity index is 2.57. The van der Waals surface area contributed by atoms with Crippen LogP contribution in [0.25, 0.3) is 12.2 Å². The summed E-state index contributed by atoms with van der Waals surface area (Å²) >= 11 is 1.56. The molecule has 13 heavy (non-hydrogen) atoms. The predicted molar refractivity (Wildman–Crippen MR) is 58.6 cm³/mol. The SMILES string of the molecule is CC1=Cc2cnsc2C=CC1(C)C. The second kappa shape index (κ2) is 2.81. The maximum absolute atomic E-state index is 4.17. The molecule has 2 heteroatoms. The van der Waals surface area contributed by atoms with Crippen molar-refractivity contribution in [1.82, 2.24) is 4.37 Å². The molecular formula is C11H13NS. The molecule has 2 rings (SSSR count). The number of aromatic nitrogens is 1. The molecule has 1 aromatic heterocycles. The summed E-state index contributed by atoms with van der Waals surface area (Å²) in [5.41, 5.74) is 2.82. The van der Waals surface area contributed by atoms with Gasteiger partial charge in [0.25, 0.3) is 0 Å². The quantitative estimate of drug-likeness (QED) is 0.610. The Morgan fingerprint density at radius 2 is 2.15 bits per heavy atom. The van der Waals surface area contributed by atoms with Crippen LogP contribution in [-0.4, -0.2) is 4.37 Å². The van der Waals surface area contributed by atoms with E-state index in [-0.39, 0.29) is 5.41 Å². The summed E-state index contributed by atoms with van der Waals surface area (Å²) in [4.78, 5) is 1.27. The van der Waals surface area contributed by atoms with E-state index < -0.39 is 0 Å². The highest BCUT2D eigenvalue weighted by Gasteiger charge is 2.19. The molecule has 0 aliphatic heterocycles. The van der Waals surface area contributed by atoms with Gasteiger partial charge in [0.15, 0.2) is 0 Å². The molecule has 0 spiro atoms. The molecule has 1 heterocycles. The van der Waals surface area contributed by atoms with Gasteiger partial charge in [0.05, 0.1) is 4.88 Å². The van der Waals surface area contributed by atoms with Crippen LogP contribution >= 0.6 is 11.5 Å². The lowest BCUT2D eigenvalue weighted by Gasteiger charge is -2.20. The van der Waals surface area contributed by atoms with E-state index in [9.17, 15) is 0 Å². The van der Waals surface area contributed by atoms with Crippen LogP contribution < -0.4 is 0 Å². The summed E-state index contributed by atoms with van der Waals surface area (Å²) in [6.45, 7) is 6.65. The third-order valence-electron chi connectivity index (χ3n) is 2.67. The molecule has 1 nitrogen and oxygen atoms in total. The topological polar surface area (TPSA) is 12.9 Å². The first-order valence-electron chi connectivity index (χ1n) is 4.42. The third kappa shape index (κ3) is 1.46. The van der Waals surface area contributed by atoms with Crippen molar-refractivity contribution >= 4 is 23.7 Å².